The molecule has 0 unspecified atom stereocenters. The number of hydrogen-bond donors (Lipinski definition) is 0. The molecule has 1 aromatic rings. The fourth-order valence-corrected chi connectivity index (χ4v) is 2.68. The Labute approximate surface area is 135 Å². The number of piperazine rings is 1. The van der Waals surface area contributed by atoms with Crippen molar-refractivity contribution in [1.82, 2.24) is 9.88 Å². The van der Waals surface area contributed by atoms with E-state index in [1.807, 2.05) is 12.3 Å². The average Bonchev–Trinajstić information content (AvgIpc) is 2.54. The summed E-state index contributed by atoms with van der Waals surface area (Å²) in [4.78, 5) is 9.35. The second-order valence-electron chi connectivity index (χ2n) is 6.35. The molecular formula is C19H29N3. The molecule has 2 rings (SSSR count). The second kappa shape index (κ2) is 8.74. The van der Waals surface area contributed by atoms with E-state index in [1.165, 1.54) is 17.6 Å². The summed E-state index contributed by atoms with van der Waals surface area (Å²) in [6.07, 6.45) is 8.94. The lowest BCUT2D eigenvalue weighted by atomic mass is 10.1. The van der Waals surface area contributed by atoms with E-state index in [9.17, 15) is 0 Å². The molecule has 0 N–H and O–H groups in total. The van der Waals surface area contributed by atoms with Crippen molar-refractivity contribution in [2.45, 2.75) is 33.6 Å². The van der Waals surface area contributed by atoms with E-state index in [0.717, 1.165) is 45.0 Å². The van der Waals surface area contributed by atoms with Gasteiger partial charge in [-0.1, -0.05) is 29.4 Å². The van der Waals surface area contributed by atoms with E-state index in [1.54, 1.807) is 0 Å². The van der Waals surface area contributed by atoms with Crippen LogP contribution in [0, 0.1) is 0 Å². The molecule has 1 fully saturated rings. The number of nitrogens with zero attached hydrogens (tertiary/aromatic N) is 3. The Morgan fingerprint density at radius 3 is 2.50 bits per heavy atom. The summed E-state index contributed by atoms with van der Waals surface area (Å²) in [6.45, 7) is 12.0. The van der Waals surface area contributed by atoms with Gasteiger partial charge in [0.15, 0.2) is 0 Å². The maximum atomic E-state index is 4.44. The van der Waals surface area contributed by atoms with Gasteiger partial charge in [0.2, 0.25) is 0 Å². The molecule has 0 amide bonds. The highest BCUT2D eigenvalue weighted by atomic mass is 15.3. The number of aromatic nitrogens is 1. The highest BCUT2D eigenvalue weighted by Gasteiger charge is 2.16. The molecule has 0 saturated carbocycles. The fourth-order valence-electron chi connectivity index (χ4n) is 2.68. The smallest absolute Gasteiger partial charge is 0.128 e. The first-order chi connectivity index (χ1) is 10.6. The molecular weight excluding hydrogens is 270 g/mol. The van der Waals surface area contributed by atoms with Crippen LogP contribution < -0.4 is 4.90 Å². The summed E-state index contributed by atoms with van der Waals surface area (Å²) in [6, 6.07) is 6.14. The minimum atomic E-state index is 1.07. The van der Waals surface area contributed by atoms with Crippen molar-refractivity contribution in [2.75, 3.05) is 37.6 Å². The number of anilines is 1. The zero-order chi connectivity index (χ0) is 15.8. The highest BCUT2D eigenvalue weighted by Crippen LogP contribution is 2.13. The van der Waals surface area contributed by atoms with Crippen LogP contribution in [0.2, 0.25) is 0 Å². The largest absolute Gasteiger partial charge is 0.354 e. The zero-order valence-electron chi connectivity index (χ0n) is 14.3. The molecule has 1 saturated heterocycles. The first-order valence-electron chi connectivity index (χ1n) is 8.32. The third kappa shape index (κ3) is 5.64. The van der Waals surface area contributed by atoms with Crippen molar-refractivity contribution >= 4 is 5.82 Å². The molecule has 22 heavy (non-hydrogen) atoms. The molecule has 1 aliphatic heterocycles. The molecule has 120 valence electrons. The van der Waals surface area contributed by atoms with Gasteiger partial charge in [0.1, 0.15) is 5.82 Å². The van der Waals surface area contributed by atoms with Gasteiger partial charge in [-0.25, -0.2) is 4.98 Å². The van der Waals surface area contributed by atoms with Crippen LogP contribution in [0.25, 0.3) is 0 Å². The topological polar surface area (TPSA) is 19.4 Å². The zero-order valence-corrected chi connectivity index (χ0v) is 14.3. The Bertz CT molecular complexity index is 493. The SMILES string of the molecule is CC(C)=CCC/C(C)=C/CN1CCN(c2ccccn2)CC1. The van der Waals surface area contributed by atoms with Crippen molar-refractivity contribution in [3.8, 4) is 0 Å². The summed E-state index contributed by atoms with van der Waals surface area (Å²) >= 11 is 0. The summed E-state index contributed by atoms with van der Waals surface area (Å²) in [7, 11) is 0. The van der Waals surface area contributed by atoms with E-state index < -0.39 is 0 Å². The number of rotatable bonds is 6. The van der Waals surface area contributed by atoms with Crippen molar-refractivity contribution in [3.63, 3.8) is 0 Å². The Kier molecular flexibility index (Phi) is 6.66. The fraction of sp³-hybridized carbons (Fsp3) is 0.526. The quantitative estimate of drug-likeness (QED) is 0.743. The Hall–Kier alpha value is -1.61. The molecule has 3 heteroatoms. The average molecular weight is 299 g/mol. The van der Waals surface area contributed by atoms with Gasteiger partial charge in [0.05, 0.1) is 0 Å². The molecule has 0 aromatic carbocycles. The Morgan fingerprint density at radius 2 is 1.86 bits per heavy atom. The number of hydrogen-bond acceptors (Lipinski definition) is 3. The van der Waals surface area contributed by atoms with Crippen LogP contribution >= 0.6 is 0 Å². The monoisotopic (exact) mass is 299 g/mol. The molecule has 2 heterocycles. The van der Waals surface area contributed by atoms with Crippen LogP contribution in [0.15, 0.2) is 47.7 Å². The van der Waals surface area contributed by atoms with Gasteiger partial charge >= 0.3 is 0 Å². The third-order valence-corrected chi connectivity index (χ3v) is 4.13. The first-order valence-corrected chi connectivity index (χ1v) is 8.32. The number of pyridine rings is 1. The van der Waals surface area contributed by atoms with Crippen LogP contribution in [-0.2, 0) is 0 Å². The molecule has 0 atom stereocenters. The van der Waals surface area contributed by atoms with Gasteiger partial charge in [-0.2, -0.15) is 0 Å². The van der Waals surface area contributed by atoms with Crippen molar-refractivity contribution in [2.24, 2.45) is 0 Å². The Morgan fingerprint density at radius 1 is 1.09 bits per heavy atom. The molecule has 0 spiro atoms. The molecule has 0 bridgehead atoms. The number of allylic oxidation sites excluding steroid dienone is 3. The Balaban J connectivity index is 1.72. The predicted molar refractivity (Wildman–Crippen MR) is 95.3 cm³/mol. The minimum Gasteiger partial charge on any atom is -0.354 e. The van der Waals surface area contributed by atoms with E-state index >= 15 is 0 Å². The maximum absolute atomic E-state index is 4.44. The first kappa shape index (κ1) is 16.8. The molecule has 0 radical (unpaired) electrons. The molecule has 1 aliphatic rings. The lowest BCUT2D eigenvalue weighted by Crippen LogP contribution is -2.46. The van der Waals surface area contributed by atoms with Gasteiger partial charge in [0.25, 0.3) is 0 Å². The van der Waals surface area contributed by atoms with Crippen LogP contribution in [0.3, 0.4) is 0 Å². The second-order valence-corrected chi connectivity index (χ2v) is 6.35. The van der Waals surface area contributed by atoms with E-state index in [-0.39, 0.29) is 0 Å². The lowest BCUT2D eigenvalue weighted by Gasteiger charge is -2.34. The molecule has 3 nitrogen and oxygen atoms in total. The summed E-state index contributed by atoms with van der Waals surface area (Å²) < 4.78 is 0. The predicted octanol–water partition coefficient (Wildman–Crippen LogP) is 3.90. The van der Waals surface area contributed by atoms with Crippen molar-refractivity contribution < 1.29 is 0 Å². The van der Waals surface area contributed by atoms with Gasteiger partial charge in [-0.3, -0.25) is 4.90 Å². The van der Waals surface area contributed by atoms with Gasteiger partial charge in [0, 0.05) is 38.9 Å². The van der Waals surface area contributed by atoms with Gasteiger partial charge in [-0.05, 0) is 45.7 Å². The normalized spacial score (nSPS) is 16.7. The van der Waals surface area contributed by atoms with Gasteiger partial charge < -0.3 is 4.90 Å². The van der Waals surface area contributed by atoms with E-state index in [4.69, 9.17) is 0 Å². The third-order valence-electron chi connectivity index (χ3n) is 4.13. The molecule has 1 aromatic heterocycles. The van der Waals surface area contributed by atoms with Crippen LogP contribution in [0.4, 0.5) is 5.82 Å². The van der Waals surface area contributed by atoms with E-state index in [0.29, 0.717) is 0 Å². The van der Waals surface area contributed by atoms with Crippen LogP contribution in [0.1, 0.15) is 33.6 Å². The maximum Gasteiger partial charge on any atom is 0.128 e. The molecule has 0 aliphatic carbocycles. The van der Waals surface area contributed by atoms with Crippen molar-refractivity contribution in [3.05, 3.63) is 47.7 Å². The summed E-state index contributed by atoms with van der Waals surface area (Å²) in [5.41, 5.74) is 2.92. The minimum absolute atomic E-state index is 1.07. The van der Waals surface area contributed by atoms with Crippen LogP contribution in [0.5, 0.6) is 0 Å². The summed E-state index contributed by atoms with van der Waals surface area (Å²) in [5.74, 6) is 1.11. The van der Waals surface area contributed by atoms with E-state index in [2.05, 4.69) is 59.8 Å². The lowest BCUT2D eigenvalue weighted by molar-refractivity contribution is 0.283. The summed E-state index contributed by atoms with van der Waals surface area (Å²) in [5, 5.41) is 0. The highest BCUT2D eigenvalue weighted by molar-refractivity contribution is 5.38. The van der Waals surface area contributed by atoms with Crippen LogP contribution in [-0.4, -0.2) is 42.6 Å². The van der Waals surface area contributed by atoms with Crippen molar-refractivity contribution in [1.29, 1.82) is 0 Å². The van der Waals surface area contributed by atoms with Gasteiger partial charge in [-0.15, -0.1) is 0 Å². The standard InChI is InChI=1S/C19H29N3/c1-17(2)7-6-8-18(3)10-12-21-13-15-22(16-14-21)19-9-4-5-11-20-19/h4-5,7,9-11H,6,8,12-16H2,1-3H3/b18-10+.